The van der Waals surface area contributed by atoms with Crippen LogP contribution < -0.4 is 11.1 Å². The van der Waals surface area contributed by atoms with E-state index in [9.17, 15) is 5.11 Å². The van der Waals surface area contributed by atoms with E-state index in [0.29, 0.717) is 12.8 Å². The lowest BCUT2D eigenvalue weighted by Gasteiger charge is -2.49. The van der Waals surface area contributed by atoms with Gasteiger partial charge in [0.1, 0.15) is 5.82 Å². The van der Waals surface area contributed by atoms with Crippen LogP contribution in [0.3, 0.4) is 0 Å². The summed E-state index contributed by atoms with van der Waals surface area (Å²) in [4.78, 5) is 5.80. The highest BCUT2D eigenvalue weighted by Gasteiger charge is 2.49. The monoisotopic (exact) mass is 443 g/mol. The van der Waals surface area contributed by atoms with E-state index in [1.54, 1.807) is 11.3 Å². The fourth-order valence-electron chi connectivity index (χ4n) is 5.21. The van der Waals surface area contributed by atoms with Gasteiger partial charge in [0, 0.05) is 28.2 Å². The minimum atomic E-state index is -0.668. The summed E-state index contributed by atoms with van der Waals surface area (Å²) in [6.07, 6.45) is 5.29. The molecule has 0 spiro atoms. The average molecular weight is 444 g/mol. The number of benzene rings is 1. The van der Waals surface area contributed by atoms with Gasteiger partial charge in [-0.05, 0) is 60.9 Å². The minimum absolute atomic E-state index is 0.0245. The minimum Gasteiger partial charge on any atom is -0.390 e. The molecule has 0 radical (unpaired) electrons. The second-order valence-electron chi connectivity index (χ2n) is 9.40. The molecule has 1 aromatic carbocycles. The average Bonchev–Trinajstić information content (AvgIpc) is 3.40. The highest BCUT2D eigenvalue weighted by molar-refractivity contribution is 7.11. The Morgan fingerprint density at radius 2 is 2.00 bits per heavy atom. The Kier molecular flexibility index (Phi) is 4.15. The largest absolute Gasteiger partial charge is 0.390 e. The molecule has 7 heteroatoms. The van der Waals surface area contributed by atoms with E-state index >= 15 is 0 Å². The zero-order chi connectivity index (χ0) is 22.1. The number of fused-ring (bicyclic) bond motifs is 3. The number of aliphatic hydroxyl groups is 1. The number of aryl methyl sites for hydroxylation is 1. The molecule has 32 heavy (non-hydrogen) atoms. The molecule has 1 aliphatic heterocycles. The fraction of sp³-hybridized carbons (Fsp3) is 0.280. The molecule has 1 saturated carbocycles. The van der Waals surface area contributed by atoms with E-state index in [-0.39, 0.29) is 6.04 Å². The van der Waals surface area contributed by atoms with Gasteiger partial charge in [0.25, 0.3) is 0 Å². The number of nitrogens with one attached hydrogen (secondary N) is 1. The number of thiophene rings is 1. The van der Waals surface area contributed by atoms with Crippen molar-refractivity contribution < 1.29 is 5.11 Å². The molecule has 4 aromatic rings. The zero-order valence-electron chi connectivity index (χ0n) is 18.0. The lowest BCUT2D eigenvalue weighted by Crippen LogP contribution is -2.58. The SMILES string of the molecule is Cc1cc2ncc3c(n2n1)NC(c1ccc(C2(N)CC(C)(O)C2)cc1)C(c1cccs1)=C3. The first-order chi connectivity index (χ1) is 15.3. The standard InChI is InChI=1S/C25H25N5OS/c1-15-10-21-27-12-17-11-19(20-4-3-9-32-20)22(28-23(17)30(21)29-15)16-5-7-18(8-6-16)25(26)13-24(2,31)14-25/h3-12,22,28,31H,13-14,26H2,1-2H3. The van der Waals surface area contributed by atoms with Crippen LogP contribution in [0.1, 0.15) is 53.1 Å². The molecular weight excluding hydrogens is 418 g/mol. The van der Waals surface area contributed by atoms with Crippen LogP contribution in [-0.2, 0) is 5.54 Å². The van der Waals surface area contributed by atoms with Gasteiger partial charge in [-0.1, -0.05) is 30.3 Å². The number of nitrogens with zero attached hydrogens (tertiary/aromatic N) is 3. The van der Waals surface area contributed by atoms with Crippen molar-refractivity contribution in [2.45, 2.75) is 43.9 Å². The normalized spacial score (nSPS) is 26.9. The number of hydrogen-bond donors (Lipinski definition) is 3. The van der Waals surface area contributed by atoms with Gasteiger partial charge < -0.3 is 16.2 Å². The van der Waals surface area contributed by atoms with E-state index in [2.05, 4.69) is 63.3 Å². The molecule has 6 nitrogen and oxygen atoms in total. The van der Waals surface area contributed by atoms with Gasteiger partial charge in [-0.15, -0.1) is 11.3 Å². The number of nitrogens with two attached hydrogens (primary N) is 1. The lowest BCUT2D eigenvalue weighted by atomic mass is 9.63. The van der Waals surface area contributed by atoms with Crippen molar-refractivity contribution >= 4 is 34.5 Å². The third kappa shape index (κ3) is 3.08. The zero-order valence-corrected chi connectivity index (χ0v) is 18.9. The Hall–Kier alpha value is -3.00. The predicted octanol–water partition coefficient (Wildman–Crippen LogP) is 4.51. The van der Waals surface area contributed by atoms with Crippen molar-refractivity contribution in [3.8, 4) is 0 Å². The highest BCUT2D eigenvalue weighted by Crippen LogP contribution is 2.47. The van der Waals surface area contributed by atoms with Crippen molar-refractivity contribution in [2.75, 3.05) is 5.32 Å². The van der Waals surface area contributed by atoms with E-state index in [4.69, 9.17) is 5.73 Å². The van der Waals surface area contributed by atoms with Gasteiger partial charge in [-0.2, -0.15) is 9.61 Å². The molecule has 0 saturated heterocycles. The molecule has 1 aliphatic carbocycles. The van der Waals surface area contributed by atoms with Gasteiger partial charge >= 0.3 is 0 Å². The van der Waals surface area contributed by atoms with Crippen molar-refractivity contribution in [3.63, 3.8) is 0 Å². The number of anilines is 1. The van der Waals surface area contributed by atoms with E-state index in [1.165, 1.54) is 10.5 Å². The molecule has 6 rings (SSSR count). The molecule has 1 unspecified atom stereocenters. The summed E-state index contributed by atoms with van der Waals surface area (Å²) in [5.74, 6) is 0.947. The Balaban J connectivity index is 1.42. The molecule has 1 atom stereocenters. The Bertz CT molecular complexity index is 1340. The Morgan fingerprint density at radius 1 is 1.22 bits per heavy atom. The smallest absolute Gasteiger partial charge is 0.157 e. The van der Waals surface area contributed by atoms with Crippen LogP contribution in [0.15, 0.2) is 54.0 Å². The highest BCUT2D eigenvalue weighted by atomic mass is 32.1. The summed E-state index contributed by atoms with van der Waals surface area (Å²) in [5, 5.41) is 20.7. The number of aromatic nitrogens is 3. The van der Waals surface area contributed by atoms with Crippen LogP contribution in [-0.4, -0.2) is 25.3 Å². The molecule has 4 N–H and O–H groups in total. The Labute approximate surface area is 190 Å². The molecule has 0 bridgehead atoms. The fourth-order valence-corrected chi connectivity index (χ4v) is 5.99. The summed E-state index contributed by atoms with van der Waals surface area (Å²) in [5.41, 5.74) is 11.7. The second-order valence-corrected chi connectivity index (χ2v) is 10.3. The van der Waals surface area contributed by atoms with E-state index in [0.717, 1.165) is 33.8 Å². The maximum Gasteiger partial charge on any atom is 0.157 e. The summed E-state index contributed by atoms with van der Waals surface area (Å²) in [7, 11) is 0. The van der Waals surface area contributed by atoms with Crippen LogP contribution in [0.4, 0.5) is 5.82 Å². The van der Waals surface area contributed by atoms with Crippen molar-refractivity contribution in [1.82, 2.24) is 14.6 Å². The predicted molar refractivity (Wildman–Crippen MR) is 128 cm³/mol. The van der Waals surface area contributed by atoms with Gasteiger partial charge in [0.2, 0.25) is 0 Å². The second kappa shape index (κ2) is 6.75. The number of rotatable bonds is 3. The van der Waals surface area contributed by atoms with Crippen molar-refractivity contribution in [3.05, 3.63) is 81.3 Å². The quantitative estimate of drug-likeness (QED) is 0.434. The molecule has 4 heterocycles. The molecule has 2 aliphatic rings. The van der Waals surface area contributed by atoms with Gasteiger partial charge in [-0.25, -0.2) is 4.98 Å². The van der Waals surface area contributed by atoms with Crippen LogP contribution in [0.2, 0.25) is 0 Å². The molecule has 3 aromatic heterocycles. The molecule has 1 fully saturated rings. The number of hydrogen-bond acceptors (Lipinski definition) is 6. The van der Waals surface area contributed by atoms with Gasteiger partial charge in [0.15, 0.2) is 5.65 Å². The molecule has 162 valence electrons. The molecular formula is C25H25N5OS. The van der Waals surface area contributed by atoms with Crippen LogP contribution in [0.5, 0.6) is 0 Å². The maximum atomic E-state index is 10.2. The van der Waals surface area contributed by atoms with Crippen LogP contribution in [0, 0.1) is 6.92 Å². The summed E-state index contributed by atoms with van der Waals surface area (Å²) in [6, 6.07) is 14.7. The van der Waals surface area contributed by atoms with Crippen molar-refractivity contribution in [2.24, 2.45) is 5.73 Å². The topological polar surface area (TPSA) is 88.5 Å². The summed E-state index contributed by atoms with van der Waals surface area (Å²) >= 11 is 1.73. The summed E-state index contributed by atoms with van der Waals surface area (Å²) in [6.45, 7) is 3.83. The van der Waals surface area contributed by atoms with Crippen LogP contribution in [0.25, 0.3) is 17.3 Å². The van der Waals surface area contributed by atoms with Gasteiger partial charge in [0.05, 0.1) is 17.3 Å². The first-order valence-electron chi connectivity index (χ1n) is 10.8. The van der Waals surface area contributed by atoms with Crippen molar-refractivity contribution in [1.29, 1.82) is 0 Å². The summed E-state index contributed by atoms with van der Waals surface area (Å²) < 4.78 is 1.89. The molecule has 0 amide bonds. The van der Waals surface area contributed by atoms with Crippen LogP contribution >= 0.6 is 11.3 Å². The van der Waals surface area contributed by atoms with E-state index < -0.39 is 11.1 Å². The first kappa shape index (κ1) is 19.7. The first-order valence-corrected chi connectivity index (χ1v) is 11.7. The third-order valence-corrected chi connectivity index (χ3v) is 7.47. The maximum absolute atomic E-state index is 10.2. The lowest BCUT2D eigenvalue weighted by molar-refractivity contribution is -0.0738. The van der Waals surface area contributed by atoms with E-state index in [1.807, 2.05) is 30.6 Å². The third-order valence-electron chi connectivity index (χ3n) is 6.55. The Morgan fingerprint density at radius 3 is 2.69 bits per heavy atom. The van der Waals surface area contributed by atoms with Gasteiger partial charge in [-0.3, -0.25) is 0 Å².